The van der Waals surface area contributed by atoms with Crippen LogP contribution in [0.25, 0.3) is 0 Å². The summed E-state index contributed by atoms with van der Waals surface area (Å²) in [5, 5.41) is 3.81. The Kier molecular flexibility index (Phi) is 1.73. The van der Waals surface area contributed by atoms with E-state index in [1.165, 1.54) is 10.5 Å². The lowest BCUT2D eigenvalue weighted by molar-refractivity contribution is 0.0772. The molecule has 0 saturated carbocycles. The third-order valence-corrected chi connectivity index (χ3v) is 3.17. The van der Waals surface area contributed by atoms with E-state index in [4.69, 9.17) is 4.84 Å². The number of nitrogens with zero attached hydrogens (tertiary/aromatic N) is 1. The van der Waals surface area contributed by atoms with E-state index in [0.717, 1.165) is 5.70 Å². The molecule has 1 atom stereocenters. The van der Waals surface area contributed by atoms with Crippen LogP contribution in [-0.2, 0) is 4.84 Å². The molecule has 2 heterocycles. The lowest BCUT2D eigenvalue weighted by Gasteiger charge is -2.27. The normalized spacial score (nSPS) is 22.6. The zero-order valence-electron chi connectivity index (χ0n) is 7.31. The second-order valence-electron chi connectivity index (χ2n) is 3.10. The topological polar surface area (TPSA) is 33.6 Å². The maximum Gasteiger partial charge on any atom is 0.193 e. The number of hydrogen-bond acceptors (Lipinski definition) is 4. The molecule has 0 spiro atoms. The van der Waals surface area contributed by atoms with Crippen LogP contribution in [-0.4, -0.2) is 6.21 Å². The van der Waals surface area contributed by atoms with Crippen LogP contribution in [0.5, 0.6) is 0 Å². The summed E-state index contributed by atoms with van der Waals surface area (Å²) < 4.78 is 3.24. The second-order valence-corrected chi connectivity index (χ2v) is 3.95. The van der Waals surface area contributed by atoms with E-state index < -0.39 is 0 Å². The minimum absolute atomic E-state index is 0.0579. The summed E-state index contributed by atoms with van der Waals surface area (Å²) in [4.78, 5) is 6.53. The Balaban J connectivity index is 2.10. The molecule has 2 aliphatic heterocycles. The van der Waals surface area contributed by atoms with E-state index in [-0.39, 0.29) is 6.10 Å². The third kappa shape index (κ3) is 1.11. The number of nitrogens with one attached hydrogen (secondary N) is 1. The van der Waals surface area contributed by atoms with Gasteiger partial charge in [0.2, 0.25) is 0 Å². The van der Waals surface area contributed by atoms with Crippen LogP contribution in [0.3, 0.4) is 0 Å². The van der Waals surface area contributed by atoms with Crippen molar-refractivity contribution in [1.29, 1.82) is 0 Å². The summed E-state index contributed by atoms with van der Waals surface area (Å²) >= 11 is 1.61. The van der Waals surface area contributed by atoms with Crippen LogP contribution in [0.2, 0.25) is 0 Å². The molecule has 3 rings (SSSR count). The van der Waals surface area contributed by atoms with Gasteiger partial charge in [0.15, 0.2) is 6.10 Å². The highest BCUT2D eigenvalue weighted by Gasteiger charge is 2.27. The first kappa shape index (κ1) is 7.94. The van der Waals surface area contributed by atoms with E-state index in [9.17, 15) is 0 Å². The van der Waals surface area contributed by atoms with Crippen molar-refractivity contribution in [3.05, 3.63) is 41.6 Å². The van der Waals surface area contributed by atoms with E-state index in [1.807, 2.05) is 18.2 Å². The summed E-state index contributed by atoms with van der Waals surface area (Å²) in [5.41, 5.74) is 2.24. The van der Waals surface area contributed by atoms with E-state index in [1.54, 1.807) is 18.2 Å². The fourth-order valence-electron chi connectivity index (χ4n) is 1.57. The van der Waals surface area contributed by atoms with Gasteiger partial charge in [-0.15, -0.1) is 0 Å². The smallest absolute Gasteiger partial charge is 0.193 e. The molecular formula is C10H8N2OS. The Bertz CT molecular complexity index is 428. The maximum atomic E-state index is 5.33. The van der Waals surface area contributed by atoms with Crippen molar-refractivity contribution in [2.45, 2.75) is 11.0 Å². The van der Waals surface area contributed by atoms with Gasteiger partial charge in [0.1, 0.15) is 0 Å². The Morgan fingerprint density at radius 1 is 1.36 bits per heavy atom. The fourth-order valence-corrected chi connectivity index (χ4v) is 2.41. The highest BCUT2D eigenvalue weighted by atomic mass is 32.2. The van der Waals surface area contributed by atoms with Gasteiger partial charge >= 0.3 is 0 Å². The first-order valence-corrected chi connectivity index (χ1v) is 5.18. The van der Waals surface area contributed by atoms with Gasteiger partial charge in [0.05, 0.1) is 11.9 Å². The average molecular weight is 204 g/mol. The van der Waals surface area contributed by atoms with Crippen molar-refractivity contribution in [2.24, 2.45) is 5.16 Å². The van der Waals surface area contributed by atoms with Gasteiger partial charge in [-0.3, -0.25) is 0 Å². The molecule has 1 N–H and O–H groups in total. The molecule has 0 bridgehead atoms. The monoisotopic (exact) mass is 204 g/mol. The molecule has 2 aliphatic rings. The number of hydrogen-bond donors (Lipinski definition) is 1. The van der Waals surface area contributed by atoms with Gasteiger partial charge in [-0.05, 0) is 24.1 Å². The molecule has 1 aromatic carbocycles. The van der Waals surface area contributed by atoms with Crippen molar-refractivity contribution >= 4 is 18.2 Å². The van der Waals surface area contributed by atoms with Gasteiger partial charge in [-0.1, -0.05) is 23.4 Å². The van der Waals surface area contributed by atoms with Crippen LogP contribution in [0.15, 0.2) is 46.1 Å². The molecule has 0 aliphatic carbocycles. The second kappa shape index (κ2) is 3.06. The van der Waals surface area contributed by atoms with Crippen LogP contribution >= 0.6 is 11.9 Å². The Labute approximate surface area is 86.0 Å². The largest absolute Gasteiger partial charge is 0.381 e. The zero-order chi connectivity index (χ0) is 9.38. The van der Waals surface area contributed by atoms with Crippen molar-refractivity contribution in [3.63, 3.8) is 0 Å². The minimum Gasteiger partial charge on any atom is -0.381 e. The van der Waals surface area contributed by atoms with Crippen LogP contribution in [0, 0.1) is 0 Å². The lowest BCUT2D eigenvalue weighted by atomic mass is 10.1. The molecule has 0 amide bonds. The highest BCUT2D eigenvalue weighted by Crippen LogP contribution is 2.38. The molecule has 1 aromatic rings. The van der Waals surface area contributed by atoms with Crippen molar-refractivity contribution < 1.29 is 4.84 Å². The lowest BCUT2D eigenvalue weighted by Crippen LogP contribution is -2.22. The van der Waals surface area contributed by atoms with Crippen molar-refractivity contribution in [3.8, 4) is 0 Å². The standard InChI is InChI=1S/C10H8N2OS/c1-2-4-9-7(3-1)10-8(12-14-9)5-6-11-13-10/h1-6,10,12H. The van der Waals surface area contributed by atoms with Gasteiger partial charge in [-0.25, -0.2) is 0 Å². The number of benzene rings is 1. The Morgan fingerprint density at radius 3 is 3.29 bits per heavy atom. The molecule has 70 valence electrons. The molecule has 0 fully saturated rings. The quantitative estimate of drug-likeness (QED) is 0.658. The highest BCUT2D eigenvalue weighted by molar-refractivity contribution is 7.97. The van der Waals surface area contributed by atoms with Crippen LogP contribution in [0.4, 0.5) is 0 Å². The van der Waals surface area contributed by atoms with E-state index in [0.29, 0.717) is 0 Å². The van der Waals surface area contributed by atoms with Crippen molar-refractivity contribution in [1.82, 2.24) is 4.72 Å². The summed E-state index contributed by atoms with van der Waals surface area (Å²) in [6.45, 7) is 0. The van der Waals surface area contributed by atoms with Gasteiger partial charge < -0.3 is 9.56 Å². The Hall–Kier alpha value is -1.42. The summed E-state index contributed by atoms with van der Waals surface area (Å²) in [7, 11) is 0. The number of fused-ring (bicyclic) bond motifs is 3. The van der Waals surface area contributed by atoms with Crippen molar-refractivity contribution in [2.75, 3.05) is 0 Å². The van der Waals surface area contributed by atoms with Gasteiger partial charge in [0, 0.05) is 10.5 Å². The number of rotatable bonds is 0. The third-order valence-electron chi connectivity index (χ3n) is 2.24. The number of oxime groups is 1. The first-order chi connectivity index (χ1) is 6.95. The fraction of sp³-hybridized carbons (Fsp3) is 0.100. The molecule has 4 heteroatoms. The molecule has 0 aromatic heterocycles. The van der Waals surface area contributed by atoms with Gasteiger partial charge in [0.25, 0.3) is 0 Å². The molecule has 14 heavy (non-hydrogen) atoms. The summed E-state index contributed by atoms with van der Waals surface area (Å²) in [6.07, 6.45) is 3.54. The van der Waals surface area contributed by atoms with E-state index in [2.05, 4.69) is 22.0 Å². The zero-order valence-corrected chi connectivity index (χ0v) is 8.12. The minimum atomic E-state index is -0.0579. The Morgan fingerprint density at radius 2 is 2.29 bits per heavy atom. The summed E-state index contributed by atoms with van der Waals surface area (Å²) in [6, 6.07) is 8.19. The first-order valence-electron chi connectivity index (χ1n) is 4.36. The predicted molar refractivity (Wildman–Crippen MR) is 55.8 cm³/mol. The van der Waals surface area contributed by atoms with Crippen LogP contribution < -0.4 is 4.72 Å². The summed E-state index contributed by atoms with van der Waals surface area (Å²) in [5.74, 6) is 0. The molecule has 0 radical (unpaired) electrons. The number of allylic oxidation sites excluding steroid dienone is 1. The van der Waals surface area contributed by atoms with Gasteiger partial charge in [-0.2, -0.15) is 0 Å². The molecule has 1 unspecified atom stereocenters. The van der Waals surface area contributed by atoms with E-state index >= 15 is 0 Å². The predicted octanol–water partition coefficient (Wildman–Crippen LogP) is 2.24. The molecule has 3 nitrogen and oxygen atoms in total. The molecule has 0 saturated heterocycles. The molecular weight excluding hydrogens is 196 g/mol. The maximum absolute atomic E-state index is 5.33. The average Bonchev–Trinajstić information content (AvgIpc) is 2.29. The SMILES string of the molecule is C1=NOC2C(=C1)NSc1ccccc12. The van der Waals surface area contributed by atoms with Crippen LogP contribution in [0.1, 0.15) is 11.7 Å².